The second-order valence-corrected chi connectivity index (χ2v) is 3.85. The van der Waals surface area contributed by atoms with E-state index in [4.69, 9.17) is 29.6 Å². The summed E-state index contributed by atoms with van der Waals surface area (Å²) in [7, 11) is 0. The minimum absolute atomic E-state index is 0.568. The fourth-order valence-electron chi connectivity index (χ4n) is 0.715. The molecule has 1 rings (SSSR count). The summed E-state index contributed by atoms with van der Waals surface area (Å²) in [5.41, 5.74) is 0. The SMILES string of the molecule is C#CCSc1cccc(Cl)c1Cl. The maximum absolute atomic E-state index is 5.91. The van der Waals surface area contributed by atoms with E-state index in [-0.39, 0.29) is 0 Å². The molecule has 0 bridgehead atoms. The van der Waals surface area contributed by atoms with E-state index in [2.05, 4.69) is 5.92 Å². The molecule has 0 aromatic heterocycles. The highest BCUT2D eigenvalue weighted by Gasteiger charge is 2.02. The van der Waals surface area contributed by atoms with Gasteiger partial charge in [0.05, 0.1) is 15.8 Å². The van der Waals surface area contributed by atoms with Gasteiger partial charge in [0, 0.05) is 4.90 Å². The summed E-state index contributed by atoms with van der Waals surface area (Å²) in [6.45, 7) is 0. The number of hydrogen-bond acceptors (Lipinski definition) is 1. The molecule has 0 atom stereocenters. The second kappa shape index (κ2) is 4.67. The van der Waals surface area contributed by atoms with Crippen LogP contribution in [0, 0.1) is 12.3 Å². The van der Waals surface area contributed by atoms with Crippen molar-refractivity contribution in [1.29, 1.82) is 0 Å². The molecule has 0 aliphatic heterocycles. The zero-order valence-corrected chi connectivity index (χ0v) is 8.51. The molecular formula is C9H6Cl2S. The summed E-state index contributed by atoms with van der Waals surface area (Å²) in [6, 6.07) is 5.51. The first kappa shape index (κ1) is 9.80. The highest BCUT2D eigenvalue weighted by molar-refractivity contribution is 7.99. The van der Waals surface area contributed by atoms with E-state index in [0.29, 0.717) is 15.8 Å². The molecule has 0 radical (unpaired) electrons. The number of rotatable bonds is 2. The highest BCUT2D eigenvalue weighted by Crippen LogP contribution is 2.32. The van der Waals surface area contributed by atoms with Crippen LogP contribution < -0.4 is 0 Å². The Kier molecular flexibility index (Phi) is 3.81. The summed E-state index contributed by atoms with van der Waals surface area (Å²) in [4.78, 5) is 0.933. The van der Waals surface area contributed by atoms with Gasteiger partial charge in [0.15, 0.2) is 0 Å². The van der Waals surface area contributed by atoms with E-state index in [0.717, 1.165) is 4.90 Å². The molecule has 0 aliphatic carbocycles. The predicted molar refractivity (Wildman–Crippen MR) is 56.0 cm³/mol. The van der Waals surface area contributed by atoms with Crippen LogP contribution in [-0.2, 0) is 0 Å². The van der Waals surface area contributed by atoms with Crippen LogP contribution in [0.2, 0.25) is 10.0 Å². The number of halogens is 2. The fraction of sp³-hybridized carbons (Fsp3) is 0.111. The summed E-state index contributed by atoms with van der Waals surface area (Å²) in [5.74, 6) is 3.14. The van der Waals surface area contributed by atoms with Crippen LogP contribution in [0.1, 0.15) is 0 Å². The van der Waals surface area contributed by atoms with Gasteiger partial charge in [-0.1, -0.05) is 35.2 Å². The molecule has 0 aliphatic rings. The van der Waals surface area contributed by atoms with Crippen molar-refractivity contribution in [1.82, 2.24) is 0 Å². The van der Waals surface area contributed by atoms with Crippen LogP contribution in [0.3, 0.4) is 0 Å². The average Bonchev–Trinajstić information content (AvgIpc) is 2.08. The van der Waals surface area contributed by atoms with E-state index >= 15 is 0 Å². The van der Waals surface area contributed by atoms with Crippen molar-refractivity contribution in [3.8, 4) is 12.3 Å². The summed E-state index contributed by atoms with van der Waals surface area (Å²) in [5, 5.41) is 1.15. The molecule has 0 nitrogen and oxygen atoms in total. The van der Waals surface area contributed by atoms with Crippen molar-refractivity contribution in [3.63, 3.8) is 0 Å². The largest absolute Gasteiger partial charge is 0.119 e. The van der Waals surface area contributed by atoms with Crippen LogP contribution in [-0.4, -0.2) is 5.75 Å². The van der Waals surface area contributed by atoms with Gasteiger partial charge in [0.2, 0.25) is 0 Å². The topological polar surface area (TPSA) is 0 Å². The minimum Gasteiger partial charge on any atom is -0.119 e. The minimum atomic E-state index is 0.568. The Balaban J connectivity index is 2.86. The first-order valence-electron chi connectivity index (χ1n) is 3.26. The summed E-state index contributed by atoms with van der Waals surface area (Å²) < 4.78 is 0. The lowest BCUT2D eigenvalue weighted by Gasteiger charge is -2.01. The predicted octanol–water partition coefficient (Wildman–Crippen LogP) is 3.72. The molecule has 0 saturated carbocycles. The van der Waals surface area contributed by atoms with Crippen molar-refractivity contribution < 1.29 is 0 Å². The number of benzene rings is 1. The lowest BCUT2D eigenvalue weighted by molar-refractivity contribution is 1.46. The first-order chi connectivity index (χ1) is 5.75. The molecule has 0 N–H and O–H groups in total. The van der Waals surface area contributed by atoms with Gasteiger partial charge in [-0.25, -0.2) is 0 Å². The molecule has 0 heterocycles. The van der Waals surface area contributed by atoms with E-state index in [9.17, 15) is 0 Å². The van der Waals surface area contributed by atoms with Crippen molar-refractivity contribution in [2.45, 2.75) is 4.90 Å². The summed E-state index contributed by atoms with van der Waals surface area (Å²) in [6.07, 6.45) is 5.12. The molecule has 0 amide bonds. The third-order valence-electron chi connectivity index (χ3n) is 1.23. The van der Waals surface area contributed by atoms with E-state index in [1.165, 1.54) is 11.8 Å². The maximum Gasteiger partial charge on any atom is 0.0728 e. The van der Waals surface area contributed by atoms with Crippen LogP contribution in [0.25, 0.3) is 0 Å². The van der Waals surface area contributed by atoms with Gasteiger partial charge in [-0.15, -0.1) is 18.2 Å². The smallest absolute Gasteiger partial charge is 0.0728 e. The molecule has 0 unspecified atom stereocenters. The lowest BCUT2D eigenvalue weighted by Crippen LogP contribution is -1.77. The van der Waals surface area contributed by atoms with E-state index in [1.807, 2.05) is 12.1 Å². The van der Waals surface area contributed by atoms with Crippen LogP contribution >= 0.6 is 35.0 Å². The van der Waals surface area contributed by atoms with E-state index in [1.54, 1.807) is 6.07 Å². The van der Waals surface area contributed by atoms with Crippen molar-refractivity contribution >= 4 is 35.0 Å². The summed E-state index contributed by atoms with van der Waals surface area (Å²) >= 11 is 13.2. The quantitative estimate of drug-likeness (QED) is 0.537. The Bertz CT molecular complexity index is 315. The first-order valence-corrected chi connectivity index (χ1v) is 5.00. The van der Waals surface area contributed by atoms with Gasteiger partial charge < -0.3 is 0 Å². The highest BCUT2D eigenvalue weighted by atomic mass is 35.5. The average molecular weight is 217 g/mol. The molecule has 0 saturated heterocycles. The van der Waals surface area contributed by atoms with Crippen LogP contribution in [0.5, 0.6) is 0 Å². The van der Waals surface area contributed by atoms with Crippen molar-refractivity contribution in [3.05, 3.63) is 28.2 Å². The number of terminal acetylenes is 1. The molecule has 0 spiro atoms. The normalized spacial score (nSPS) is 9.42. The fourth-order valence-corrected chi connectivity index (χ4v) is 1.89. The third-order valence-corrected chi connectivity index (χ3v) is 3.12. The van der Waals surface area contributed by atoms with Crippen LogP contribution in [0.15, 0.2) is 23.1 Å². The lowest BCUT2D eigenvalue weighted by atomic mass is 10.4. The molecule has 1 aromatic carbocycles. The zero-order valence-electron chi connectivity index (χ0n) is 6.18. The second-order valence-electron chi connectivity index (χ2n) is 2.04. The standard InChI is InChI=1S/C9H6Cl2S/c1-2-6-12-8-5-3-4-7(10)9(8)11/h1,3-5H,6H2. The Morgan fingerprint density at radius 2 is 2.17 bits per heavy atom. The molecule has 1 aromatic rings. The maximum atomic E-state index is 5.91. The molecular weight excluding hydrogens is 211 g/mol. The van der Waals surface area contributed by atoms with Gasteiger partial charge in [-0.05, 0) is 12.1 Å². The molecule has 3 heteroatoms. The van der Waals surface area contributed by atoms with Gasteiger partial charge in [0.25, 0.3) is 0 Å². The third kappa shape index (κ3) is 2.35. The Morgan fingerprint density at radius 1 is 1.42 bits per heavy atom. The zero-order chi connectivity index (χ0) is 8.97. The van der Waals surface area contributed by atoms with Gasteiger partial charge in [-0.2, -0.15) is 0 Å². The monoisotopic (exact) mass is 216 g/mol. The molecule has 0 fully saturated rings. The van der Waals surface area contributed by atoms with Gasteiger partial charge >= 0.3 is 0 Å². The Morgan fingerprint density at radius 3 is 2.83 bits per heavy atom. The number of hydrogen-bond donors (Lipinski definition) is 0. The van der Waals surface area contributed by atoms with Crippen LogP contribution in [0.4, 0.5) is 0 Å². The van der Waals surface area contributed by atoms with Gasteiger partial charge in [-0.3, -0.25) is 0 Å². The van der Waals surface area contributed by atoms with Crippen molar-refractivity contribution in [2.75, 3.05) is 5.75 Å². The molecule has 12 heavy (non-hydrogen) atoms. The van der Waals surface area contributed by atoms with Crippen molar-refractivity contribution in [2.24, 2.45) is 0 Å². The van der Waals surface area contributed by atoms with Gasteiger partial charge in [0.1, 0.15) is 0 Å². The number of thioether (sulfide) groups is 1. The Hall–Kier alpha value is -0.290. The molecule has 62 valence electrons. The Labute approximate surface area is 86.3 Å². The van der Waals surface area contributed by atoms with E-state index < -0.39 is 0 Å².